The highest BCUT2D eigenvalue weighted by Gasteiger charge is 2.33. The first-order valence-corrected chi connectivity index (χ1v) is 40.8. The van der Waals surface area contributed by atoms with E-state index in [4.69, 9.17) is 31.5 Å². The number of fused-ring (bicyclic) bond motifs is 4. The summed E-state index contributed by atoms with van der Waals surface area (Å²) in [6, 6.07) is 17.5. The van der Waals surface area contributed by atoms with Crippen molar-refractivity contribution < 1.29 is 161 Å². The Kier molecular flexibility index (Phi) is 26.3. The molecule has 0 saturated heterocycles. The monoisotopic (exact) mass is 1760 g/mol. The van der Waals surface area contributed by atoms with Gasteiger partial charge >= 0.3 is 0 Å². The van der Waals surface area contributed by atoms with Gasteiger partial charge in [-0.3, -0.25) is 37.4 Å². The van der Waals surface area contributed by atoms with E-state index in [1.807, 2.05) is 0 Å². The van der Waals surface area contributed by atoms with Crippen LogP contribution in [-0.2, 0) is 98.2 Å². The van der Waals surface area contributed by atoms with Gasteiger partial charge in [0, 0.05) is 77.4 Å². The van der Waals surface area contributed by atoms with E-state index in [1.165, 1.54) is 30.3 Å². The summed E-state index contributed by atoms with van der Waals surface area (Å²) in [7, 11) is -33.8. The van der Waals surface area contributed by atoms with Gasteiger partial charge in [0.25, 0.3) is 66.4 Å². The quantitative estimate of drug-likeness (QED) is 0.00265. The molecule has 0 spiro atoms. The predicted molar refractivity (Wildman–Crippen MR) is 384 cm³/mol. The highest BCUT2D eigenvalue weighted by atomic mass is 32.2. The van der Waals surface area contributed by atoms with E-state index in [1.54, 1.807) is 0 Å². The number of benzene rings is 10. The molecule has 0 saturated carbocycles. The lowest BCUT2D eigenvalue weighted by molar-refractivity contribution is -0.432. The predicted octanol–water partition coefficient (Wildman–Crippen LogP) is 14.6. The van der Waals surface area contributed by atoms with Crippen LogP contribution < -0.4 is 10.5 Å². The molecular formula is C55H40N12O36S10. The third-order valence-corrected chi connectivity index (χ3v) is 22.6. The largest absolute Gasteiger partial charge is 0.505 e. The normalized spacial score (nSPS) is 13.0. The molecule has 0 heterocycles. The maximum absolute atomic E-state index is 13.4. The average molecular weight is 1770 g/mol. The molecule has 58 heteroatoms. The summed E-state index contributed by atoms with van der Waals surface area (Å²) in [6.45, 7) is -0.215. The van der Waals surface area contributed by atoms with Crippen molar-refractivity contribution in [1.29, 1.82) is 0 Å². The Morgan fingerprint density at radius 1 is 0.407 bits per heavy atom. The Morgan fingerprint density at radius 3 is 1.44 bits per heavy atom. The maximum atomic E-state index is 13.4. The molecule has 0 aliphatic rings. The van der Waals surface area contributed by atoms with E-state index >= 15 is 0 Å². The molecule has 596 valence electrons. The van der Waals surface area contributed by atoms with Gasteiger partial charge in [-0.05, 0) is 97.4 Å². The topological polar surface area (TPSA) is 744 Å². The Bertz CT molecular complexity index is 6450. The zero-order valence-electron chi connectivity index (χ0n) is 54.4. The van der Waals surface area contributed by atoms with E-state index in [-0.39, 0.29) is 80.3 Å². The molecule has 0 atom stereocenters. The lowest BCUT2D eigenvalue weighted by Gasteiger charge is -2.15. The third-order valence-electron chi connectivity index (χ3n) is 14.8. The fourth-order valence-corrected chi connectivity index (χ4v) is 16.3. The first-order valence-electron chi connectivity index (χ1n) is 29.1. The number of ether oxygens (including phenoxy) is 1. The fraction of sp³-hybridized carbons (Fsp3) is 0.0545. The van der Waals surface area contributed by atoms with Crippen LogP contribution in [0, 0.1) is 10.1 Å². The lowest BCUT2D eigenvalue weighted by atomic mass is 10.0. The van der Waals surface area contributed by atoms with Crippen molar-refractivity contribution in [3.63, 3.8) is 0 Å². The van der Waals surface area contributed by atoms with E-state index in [0.717, 1.165) is 48.5 Å². The molecule has 113 heavy (non-hydrogen) atoms. The standard InChI is InChI=1S/C55H40N12O36S10/c56-47-37(22-43(109(80,81)82)32-19-41(107-103-99-76)48(53(70)46(32)47)64-59-33-10-6-25(105-101-97-74)18-38(33)67(71)72)63-61-35-11-7-27-30(54(35)112(89,90)91)20-45(111(86,87)88)50(52(27)69)66-62-36-12-8-28-31(55(36)113(92,93)94)21-44(110(83,84)85)49(51(28)68)65-60-34-9-5-23(16-39(34)95-13-2-14-104-100-96-73)57-58-24-15-29-26(42(17-24)108(77,78)79)3-1-4-40(29)106-102-98-75/h1,3-12,15-22,68-70,73-76H,2,13-14,56H2,(H,77,78,79)(H,80,81,82)(H,83,84,85)(H,86,87,88)(H,89,90,91)(H,92,93,94). The van der Waals surface area contributed by atoms with Crippen LogP contribution >= 0.6 is 48.2 Å². The van der Waals surface area contributed by atoms with Crippen LogP contribution in [0.1, 0.15) is 6.42 Å². The number of hydrogen-bond acceptors (Lipinski definition) is 45. The second kappa shape index (κ2) is 34.8. The van der Waals surface area contributed by atoms with Gasteiger partial charge in [-0.1, -0.05) is 32.3 Å². The summed E-state index contributed by atoms with van der Waals surface area (Å²) in [6.07, 6.45) is 0.124. The van der Waals surface area contributed by atoms with Gasteiger partial charge < -0.3 is 25.8 Å². The number of nitro groups is 1. The molecule has 10 rings (SSSR count). The van der Waals surface area contributed by atoms with Crippen LogP contribution in [0.4, 0.5) is 68.2 Å². The van der Waals surface area contributed by atoms with E-state index in [2.05, 4.69) is 88.6 Å². The zero-order chi connectivity index (χ0) is 82.4. The second-order valence-corrected chi connectivity index (χ2v) is 32.8. The minimum atomic E-state index is -5.89. The fourth-order valence-electron chi connectivity index (χ4n) is 10.3. The van der Waals surface area contributed by atoms with E-state index in [0.29, 0.717) is 66.5 Å². The Morgan fingerprint density at radius 2 is 0.894 bits per heavy atom. The van der Waals surface area contributed by atoms with Crippen LogP contribution in [0.3, 0.4) is 0 Å². The zero-order valence-corrected chi connectivity index (χ0v) is 62.5. The van der Waals surface area contributed by atoms with Crippen LogP contribution in [0.5, 0.6) is 23.0 Å². The van der Waals surface area contributed by atoms with Crippen LogP contribution in [0.25, 0.3) is 43.1 Å². The SMILES string of the molecule is Nc1c(N=Nc2ccc3c(O)c(N=Nc4ccc5c(O)c(N=Nc6ccc(N=Nc7cc(S(=O)(=O)O)c8cccc(SOOO)c8c7)cc6OCCCSOOO)c(S(=O)(=O)O)cc5c4S(=O)(=O)O)c(S(=O)(=O)O)cc3c2S(=O)(=O)O)cc(S(=O)(=O)O)c2cc(SOOO)c(N=Nc3ccc(SOOO)cc3[N+](=O)[O-])c(O)c12. The molecule has 0 fully saturated rings. The van der Waals surface area contributed by atoms with Crippen molar-refractivity contribution in [3.8, 4) is 23.0 Å². The number of nitro benzene ring substituents is 1. The molecule has 0 aliphatic carbocycles. The Balaban J connectivity index is 1.05. The second-order valence-electron chi connectivity index (χ2n) is 21.5. The number of nitrogen functional groups attached to an aromatic ring is 1. The summed E-state index contributed by atoms with van der Waals surface area (Å²) >= 11 is 1.38. The number of nitrogens with zero attached hydrogens (tertiary/aromatic N) is 11. The molecule has 0 aromatic heterocycles. The number of phenolic OH excluding ortho intramolecular Hbond substituents is 3. The minimum absolute atomic E-state index is 0.00663. The van der Waals surface area contributed by atoms with Crippen molar-refractivity contribution in [2.45, 2.75) is 50.5 Å². The summed E-state index contributed by atoms with van der Waals surface area (Å²) in [5, 5.41) is 129. The van der Waals surface area contributed by atoms with Gasteiger partial charge in [-0.2, -0.15) is 60.7 Å². The van der Waals surface area contributed by atoms with Crippen LogP contribution in [0.2, 0.25) is 0 Å². The molecule has 0 bridgehead atoms. The van der Waals surface area contributed by atoms with Gasteiger partial charge in [0.05, 0.1) is 75.0 Å². The maximum Gasteiger partial charge on any atom is 0.297 e. The first kappa shape index (κ1) is 85.4. The van der Waals surface area contributed by atoms with Gasteiger partial charge in [-0.15, -0.1) is 58.2 Å². The van der Waals surface area contributed by atoms with Gasteiger partial charge in [0.2, 0.25) is 0 Å². The van der Waals surface area contributed by atoms with Crippen molar-refractivity contribution in [3.05, 3.63) is 125 Å². The number of phenols is 3. The molecule has 0 aliphatic heterocycles. The van der Waals surface area contributed by atoms with Crippen LogP contribution in [-0.4, -0.2) is 131 Å². The highest BCUT2D eigenvalue weighted by molar-refractivity contribution is 7.95. The van der Waals surface area contributed by atoms with Gasteiger partial charge in [-0.25, -0.2) is 21.0 Å². The Hall–Kier alpha value is -9.98. The van der Waals surface area contributed by atoms with Crippen molar-refractivity contribution >= 4 is 220 Å². The Labute approximate surface area is 645 Å². The number of rotatable bonds is 33. The number of hydrogen-bond donors (Lipinski definition) is 14. The van der Waals surface area contributed by atoms with Crippen molar-refractivity contribution in [1.82, 2.24) is 0 Å². The number of azo groups is 5. The molecule has 0 amide bonds. The number of anilines is 1. The van der Waals surface area contributed by atoms with Gasteiger partial charge in [0.1, 0.15) is 74.9 Å². The van der Waals surface area contributed by atoms with E-state index < -0.39 is 201 Å². The molecule has 15 N–H and O–H groups in total. The molecular weight excluding hydrogens is 1730 g/mol. The third kappa shape index (κ3) is 19.5. The summed E-state index contributed by atoms with van der Waals surface area (Å²) in [5.74, 6) is -4.17. The molecule has 0 radical (unpaired) electrons. The molecule has 10 aromatic rings. The summed E-state index contributed by atoms with van der Waals surface area (Å²) < 4.78 is 244. The number of aromatic hydroxyl groups is 3. The van der Waals surface area contributed by atoms with E-state index in [9.17, 15) is 103 Å². The minimum Gasteiger partial charge on any atom is -0.505 e. The van der Waals surface area contributed by atoms with Crippen molar-refractivity contribution in [2.75, 3.05) is 18.1 Å². The average Bonchev–Trinajstić information content (AvgIpc) is 0.752. The number of nitrogens with two attached hydrogens (primary N) is 1. The molecule has 10 aromatic carbocycles. The highest BCUT2D eigenvalue weighted by Crippen LogP contribution is 2.53. The van der Waals surface area contributed by atoms with Crippen LogP contribution in [0.15, 0.2) is 210 Å². The smallest absolute Gasteiger partial charge is 0.297 e. The lowest BCUT2D eigenvalue weighted by Crippen LogP contribution is -2.04. The summed E-state index contributed by atoms with van der Waals surface area (Å²) in [5.41, 5.74) is -2.87. The van der Waals surface area contributed by atoms with Gasteiger partial charge in [0.15, 0.2) is 22.9 Å². The molecule has 48 nitrogen and oxygen atoms in total. The van der Waals surface area contributed by atoms with Crippen molar-refractivity contribution in [2.24, 2.45) is 51.1 Å². The first-order chi connectivity index (χ1) is 53.2. The summed E-state index contributed by atoms with van der Waals surface area (Å²) in [4.78, 5) is 2.71. The molecule has 0 unspecified atom stereocenters.